The standard InChI is InChI=1S/C10H10BF3NO3/c12-11(13,14)7-1-3-8(4-2-7)15-9(16)5-6-10(17)18/h1-4H,5-6H2,(H,15,16)(H,17,18)/q-1. The summed E-state index contributed by atoms with van der Waals surface area (Å²) >= 11 is 0. The van der Waals surface area contributed by atoms with E-state index in [9.17, 15) is 22.5 Å². The Bertz CT molecular complexity index is 445. The molecule has 0 heterocycles. The van der Waals surface area contributed by atoms with Gasteiger partial charge in [0.1, 0.15) is 0 Å². The van der Waals surface area contributed by atoms with Gasteiger partial charge in [0, 0.05) is 12.1 Å². The highest BCUT2D eigenvalue weighted by molar-refractivity contribution is 6.73. The van der Waals surface area contributed by atoms with Crippen molar-refractivity contribution in [3.63, 3.8) is 0 Å². The summed E-state index contributed by atoms with van der Waals surface area (Å²) in [7, 11) is 0. The third kappa shape index (κ3) is 4.48. The Morgan fingerprint density at radius 2 is 1.67 bits per heavy atom. The molecule has 0 aliphatic carbocycles. The van der Waals surface area contributed by atoms with E-state index in [1.807, 2.05) is 0 Å². The number of carbonyl (C=O) groups excluding carboxylic acids is 1. The van der Waals surface area contributed by atoms with E-state index in [0.29, 0.717) is 0 Å². The van der Waals surface area contributed by atoms with E-state index in [0.717, 1.165) is 24.3 Å². The lowest BCUT2D eigenvalue weighted by Crippen LogP contribution is -2.33. The second-order valence-corrected chi connectivity index (χ2v) is 3.64. The molecule has 0 unspecified atom stereocenters. The molecule has 1 rings (SSSR count). The molecule has 0 bridgehead atoms. The van der Waals surface area contributed by atoms with Gasteiger partial charge in [-0.1, -0.05) is 12.1 Å². The Hall–Kier alpha value is -1.99. The minimum atomic E-state index is -5.05. The summed E-state index contributed by atoms with van der Waals surface area (Å²) in [5, 5.41) is 10.7. The van der Waals surface area contributed by atoms with Crippen LogP contribution in [0.5, 0.6) is 0 Å². The second kappa shape index (κ2) is 5.57. The molecule has 1 amide bonds. The predicted molar refractivity (Wildman–Crippen MR) is 60.7 cm³/mol. The molecule has 1 aromatic carbocycles. The Balaban J connectivity index is 2.59. The first-order chi connectivity index (χ1) is 8.29. The van der Waals surface area contributed by atoms with Gasteiger partial charge in [-0.2, -0.15) is 0 Å². The van der Waals surface area contributed by atoms with E-state index in [1.54, 1.807) is 0 Å². The molecular weight excluding hydrogens is 250 g/mol. The molecule has 0 radical (unpaired) electrons. The summed E-state index contributed by atoms with van der Waals surface area (Å²) in [5.74, 6) is -1.66. The highest BCUT2D eigenvalue weighted by Crippen LogP contribution is 2.12. The average molecular weight is 260 g/mol. The van der Waals surface area contributed by atoms with Crippen LogP contribution in [0.15, 0.2) is 24.3 Å². The topological polar surface area (TPSA) is 66.4 Å². The fourth-order valence-corrected chi connectivity index (χ4v) is 1.23. The zero-order chi connectivity index (χ0) is 13.8. The van der Waals surface area contributed by atoms with Crippen LogP contribution >= 0.6 is 0 Å². The van der Waals surface area contributed by atoms with Crippen molar-refractivity contribution in [3.05, 3.63) is 24.3 Å². The normalized spacial score (nSPS) is 11.1. The van der Waals surface area contributed by atoms with Gasteiger partial charge in [0.15, 0.2) is 0 Å². The Kier molecular flexibility index (Phi) is 4.35. The number of aliphatic carboxylic acids is 1. The molecule has 0 spiro atoms. The maximum absolute atomic E-state index is 12.3. The average Bonchev–Trinajstić information content (AvgIpc) is 2.26. The van der Waals surface area contributed by atoms with Crippen LogP contribution in [0.1, 0.15) is 12.8 Å². The van der Waals surface area contributed by atoms with Crippen molar-refractivity contribution in [1.82, 2.24) is 0 Å². The molecule has 0 saturated heterocycles. The van der Waals surface area contributed by atoms with Gasteiger partial charge < -0.3 is 23.4 Å². The highest BCUT2D eigenvalue weighted by atomic mass is 19.4. The van der Waals surface area contributed by atoms with Crippen LogP contribution < -0.4 is 10.8 Å². The molecule has 0 aromatic heterocycles. The summed E-state index contributed by atoms with van der Waals surface area (Å²) in [6, 6.07) is 3.99. The van der Waals surface area contributed by atoms with E-state index in [4.69, 9.17) is 5.11 Å². The van der Waals surface area contributed by atoms with E-state index >= 15 is 0 Å². The van der Waals surface area contributed by atoms with Crippen molar-refractivity contribution < 1.29 is 27.6 Å². The van der Waals surface area contributed by atoms with Gasteiger partial charge in [-0.05, 0) is 12.1 Å². The van der Waals surface area contributed by atoms with Gasteiger partial charge in [0.2, 0.25) is 5.91 Å². The number of carboxylic acids is 1. The lowest BCUT2D eigenvalue weighted by molar-refractivity contribution is -0.138. The lowest BCUT2D eigenvalue weighted by atomic mass is 9.80. The smallest absolute Gasteiger partial charge is 0.481 e. The van der Waals surface area contributed by atoms with Crippen LogP contribution in [-0.2, 0) is 9.59 Å². The maximum Gasteiger partial charge on any atom is 0.509 e. The van der Waals surface area contributed by atoms with E-state index in [2.05, 4.69) is 5.32 Å². The Morgan fingerprint density at radius 1 is 1.11 bits per heavy atom. The number of carboxylic acid groups (broad SMARTS) is 1. The zero-order valence-corrected chi connectivity index (χ0v) is 9.20. The maximum atomic E-state index is 12.3. The molecule has 0 atom stereocenters. The lowest BCUT2D eigenvalue weighted by Gasteiger charge is -2.15. The summed E-state index contributed by atoms with van der Waals surface area (Å²) in [5.41, 5.74) is -0.548. The minimum Gasteiger partial charge on any atom is -0.481 e. The van der Waals surface area contributed by atoms with Crippen molar-refractivity contribution in [2.45, 2.75) is 12.8 Å². The molecule has 4 nitrogen and oxygen atoms in total. The fraction of sp³-hybridized carbons (Fsp3) is 0.200. The third-order valence-corrected chi connectivity index (χ3v) is 2.14. The molecule has 0 aliphatic rings. The Morgan fingerprint density at radius 3 is 2.11 bits per heavy atom. The van der Waals surface area contributed by atoms with Crippen LogP contribution in [-0.4, -0.2) is 24.0 Å². The Labute approximate surface area is 101 Å². The number of amides is 1. The molecule has 18 heavy (non-hydrogen) atoms. The largest absolute Gasteiger partial charge is 0.509 e. The monoisotopic (exact) mass is 260 g/mol. The number of benzene rings is 1. The minimum absolute atomic E-state index is 0.203. The van der Waals surface area contributed by atoms with Gasteiger partial charge in [-0.15, -0.1) is 5.46 Å². The van der Waals surface area contributed by atoms with E-state index in [1.165, 1.54) is 0 Å². The summed E-state index contributed by atoms with van der Waals surface area (Å²) < 4.78 is 36.9. The first kappa shape index (κ1) is 14.1. The molecule has 0 aliphatic heterocycles. The molecule has 0 fully saturated rings. The van der Waals surface area contributed by atoms with Crippen LogP contribution in [0.2, 0.25) is 0 Å². The molecule has 2 N–H and O–H groups in total. The number of rotatable bonds is 5. The van der Waals surface area contributed by atoms with Gasteiger partial charge in [-0.25, -0.2) is 0 Å². The molecule has 8 heteroatoms. The molecule has 98 valence electrons. The number of carbonyl (C=O) groups is 2. The van der Waals surface area contributed by atoms with E-state index < -0.39 is 24.3 Å². The summed E-state index contributed by atoms with van der Waals surface area (Å²) in [4.78, 5) is 21.4. The van der Waals surface area contributed by atoms with Crippen molar-refractivity contribution in [1.29, 1.82) is 0 Å². The van der Waals surface area contributed by atoms with Crippen LogP contribution in [0.3, 0.4) is 0 Å². The molecular formula is C10H10BF3NO3-. The number of hydrogen-bond donors (Lipinski definition) is 2. The highest BCUT2D eigenvalue weighted by Gasteiger charge is 2.24. The fourth-order valence-electron chi connectivity index (χ4n) is 1.23. The number of anilines is 1. The quantitative estimate of drug-likeness (QED) is 0.789. The zero-order valence-electron chi connectivity index (χ0n) is 9.20. The van der Waals surface area contributed by atoms with Gasteiger partial charge in [0.05, 0.1) is 6.42 Å². The predicted octanol–water partition coefficient (Wildman–Crippen LogP) is 1.54. The molecule has 1 aromatic rings. The van der Waals surface area contributed by atoms with Crippen molar-refractivity contribution in [2.24, 2.45) is 0 Å². The van der Waals surface area contributed by atoms with Crippen molar-refractivity contribution in [2.75, 3.05) is 5.32 Å². The van der Waals surface area contributed by atoms with Crippen LogP contribution in [0.4, 0.5) is 18.6 Å². The van der Waals surface area contributed by atoms with Crippen LogP contribution in [0, 0.1) is 0 Å². The number of hydrogen-bond acceptors (Lipinski definition) is 2. The van der Waals surface area contributed by atoms with Gasteiger partial charge in [-0.3, -0.25) is 9.59 Å². The van der Waals surface area contributed by atoms with E-state index in [-0.39, 0.29) is 18.5 Å². The number of nitrogens with one attached hydrogen (secondary N) is 1. The third-order valence-electron chi connectivity index (χ3n) is 2.14. The molecule has 0 saturated carbocycles. The van der Waals surface area contributed by atoms with Gasteiger partial charge >= 0.3 is 12.9 Å². The van der Waals surface area contributed by atoms with Crippen molar-refractivity contribution in [3.8, 4) is 0 Å². The first-order valence-corrected chi connectivity index (χ1v) is 5.10. The SMILES string of the molecule is O=C(O)CCC(=O)Nc1ccc([B-](F)(F)F)cc1. The van der Waals surface area contributed by atoms with Crippen molar-refractivity contribution >= 4 is 30.0 Å². The summed E-state index contributed by atoms with van der Waals surface area (Å²) in [6.45, 7) is -5.05. The second-order valence-electron chi connectivity index (χ2n) is 3.64. The first-order valence-electron chi connectivity index (χ1n) is 5.10. The van der Waals surface area contributed by atoms with Gasteiger partial charge in [0.25, 0.3) is 0 Å². The summed E-state index contributed by atoms with van der Waals surface area (Å²) in [6.07, 6.45) is -0.546. The number of halogens is 3. The van der Waals surface area contributed by atoms with Crippen LogP contribution in [0.25, 0.3) is 0 Å².